The summed E-state index contributed by atoms with van der Waals surface area (Å²) in [4.78, 5) is 0. The molecule has 0 nitrogen and oxygen atoms in total. The minimum atomic E-state index is -0.335. The van der Waals surface area contributed by atoms with Gasteiger partial charge in [-0.2, -0.15) is 0 Å². The number of rotatable bonds is 2. The van der Waals surface area contributed by atoms with Crippen LogP contribution in [0.15, 0.2) is 60.7 Å². The van der Waals surface area contributed by atoms with E-state index in [-0.39, 0.29) is 38.6 Å². The monoisotopic (exact) mass is 354 g/mol. The fourth-order valence-electron chi connectivity index (χ4n) is 1.15. The first-order valence-corrected chi connectivity index (χ1v) is 6.82. The summed E-state index contributed by atoms with van der Waals surface area (Å²) < 4.78 is 3.04. The molecule has 0 spiro atoms. The fraction of sp³-hybridized carbons (Fsp3) is 0. The van der Waals surface area contributed by atoms with Gasteiger partial charge in [0.15, 0.2) is 0 Å². The van der Waals surface area contributed by atoms with Crippen molar-refractivity contribution in [3.63, 3.8) is 0 Å². The molecule has 0 aliphatic carbocycles. The zero-order valence-electron chi connectivity index (χ0n) is 7.60. The molecule has 0 aliphatic rings. The second kappa shape index (κ2) is 6.26. The molecule has 0 heterocycles. The molecule has 2 rings (SSSR count). The molecule has 0 saturated carbocycles. The average Bonchev–Trinajstić information content (AvgIpc) is 2.21. The van der Waals surface area contributed by atoms with Gasteiger partial charge >= 0.3 is 89.3 Å². The van der Waals surface area contributed by atoms with E-state index < -0.39 is 0 Å². The Kier molecular flexibility index (Phi) is 5.29. The summed E-state index contributed by atoms with van der Waals surface area (Å²) in [5.74, 6) is 0. The summed E-state index contributed by atoms with van der Waals surface area (Å²) in [6, 6.07) is 21.5. The van der Waals surface area contributed by atoms with Crippen molar-refractivity contribution >= 4 is 45.6 Å². The van der Waals surface area contributed by atoms with Crippen molar-refractivity contribution < 1.29 is 0 Å². The molecule has 0 aromatic heterocycles. The van der Waals surface area contributed by atoms with Gasteiger partial charge in [0.05, 0.1) is 0 Å². The normalized spacial score (nSPS) is 9.14. The van der Waals surface area contributed by atoms with E-state index in [1.165, 1.54) is 7.02 Å². The first-order valence-electron chi connectivity index (χ1n) is 4.27. The molecule has 0 unspecified atom stereocenters. The Bertz CT molecular complexity index is 321. The Balaban J connectivity index is 0.000000980. The molecule has 2 aromatic rings. The van der Waals surface area contributed by atoms with E-state index in [9.17, 15) is 0 Å². The average molecular weight is 356 g/mol. The SMILES string of the molecule is [Br].c1cc[c]([Sb][c]2ccccc2)cc1. The van der Waals surface area contributed by atoms with Crippen molar-refractivity contribution in [2.24, 2.45) is 0 Å². The number of hydrogen-bond donors (Lipinski definition) is 0. The van der Waals surface area contributed by atoms with E-state index in [2.05, 4.69) is 60.7 Å². The van der Waals surface area contributed by atoms with E-state index >= 15 is 0 Å². The topological polar surface area (TPSA) is 0 Å². The Morgan fingerprint density at radius 1 is 0.571 bits per heavy atom. The second-order valence-electron chi connectivity index (χ2n) is 2.78. The van der Waals surface area contributed by atoms with Gasteiger partial charge in [-0.1, -0.05) is 0 Å². The standard InChI is InChI=1S/2C6H5.Br.Sb/c2*1-2-4-6-5-3-1;;/h2*1-5H;;. The third-order valence-electron chi connectivity index (χ3n) is 1.77. The number of benzene rings is 2. The number of halogens is 1. The molecule has 0 aliphatic heterocycles. The van der Waals surface area contributed by atoms with Crippen LogP contribution in [0, 0.1) is 0 Å². The molecular weight excluding hydrogens is 346 g/mol. The van der Waals surface area contributed by atoms with Crippen molar-refractivity contribution in [2.75, 3.05) is 0 Å². The molecule has 70 valence electrons. The fourth-order valence-corrected chi connectivity index (χ4v) is 3.84. The summed E-state index contributed by atoms with van der Waals surface area (Å²) in [7, 11) is 0. The third kappa shape index (κ3) is 3.47. The number of hydrogen-bond acceptors (Lipinski definition) is 0. The summed E-state index contributed by atoms with van der Waals surface area (Å²) >= 11 is -0.335. The van der Waals surface area contributed by atoms with Crippen LogP contribution in [0.5, 0.6) is 0 Å². The molecule has 2 heteroatoms. The van der Waals surface area contributed by atoms with Gasteiger partial charge in [0.25, 0.3) is 0 Å². The summed E-state index contributed by atoms with van der Waals surface area (Å²) in [6.07, 6.45) is 0. The van der Waals surface area contributed by atoms with Crippen LogP contribution in [-0.4, -0.2) is 21.6 Å². The molecule has 14 heavy (non-hydrogen) atoms. The predicted octanol–water partition coefficient (Wildman–Crippen LogP) is 2.19. The third-order valence-corrected chi connectivity index (χ3v) is 4.95. The van der Waals surface area contributed by atoms with Crippen LogP contribution in [-0.2, 0) is 0 Å². The van der Waals surface area contributed by atoms with Gasteiger partial charge in [-0.15, -0.1) is 0 Å². The van der Waals surface area contributed by atoms with Crippen molar-refractivity contribution in [3.8, 4) is 0 Å². The maximum absolute atomic E-state index is 2.23. The summed E-state index contributed by atoms with van der Waals surface area (Å²) in [5.41, 5.74) is 0. The molecule has 0 amide bonds. The first-order chi connectivity index (χ1) is 6.45. The zero-order chi connectivity index (χ0) is 8.93. The maximum atomic E-state index is 2.23. The van der Waals surface area contributed by atoms with Gasteiger partial charge in [0.1, 0.15) is 0 Å². The summed E-state index contributed by atoms with van der Waals surface area (Å²) in [6.45, 7) is 0. The molecule has 0 fully saturated rings. The van der Waals surface area contributed by atoms with Crippen molar-refractivity contribution in [1.82, 2.24) is 0 Å². The van der Waals surface area contributed by atoms with E-state index in [4.69, 9.17) is 0 Å². The van der Waals surface area contributed by atoms with E-state index in [0.29, 0.717) is 0 Å². The van der Waals surface area contributed by atoms with Gasteiger partial charge in [0, 0.05) is 17.0 Å². The molecule has 0 atom stereocenters. The molecular formula is C12H10BrSb. The van der Waals surface area contributed by atoms with Crippen molar-refractivity contribution in [3.05, 3.63) is 60.7 Å². The van der Waals surface area contributed by atoms with Crippen LogP contribution in [0.2, 0.25) is 0 Å². The van der Waals surface area contributed by atoms with Gasteiger partial charge in [-0.25, -0.2) is 0 Å². The zero-order valence-corrected chi connectivity index (χ0v) is 11.7. The Morgan fingerprint density at radius 2 is 0.929 bits per heavy atom. The Labute approximate surface area is 106 Å². The predicted molar refractivity (Wildman–Crippen MR) is 66.8 cm³/mol. The van der Waals surface area contributed by atoms with Gasteiger partial charge < -0.3 is 0 Å². The van der Waals surface area contributed by atoms with Crippen LogP contribution in [0.25, 0.3) is 0 Å². The molecule has 2 aromatic carbocycles. The van der Waals surface area contributed by atoms with Gasteiger partial charge in [-0.3, -0.25) is 0 Å². The molecule has 0 bridgehead atoms. The van der Waals surface area contributed by atoms with E-state index in [1.807, 2.05) is 0 Å². The van der Waals surface area contributed by atoms with E-state index in [1.54, 1.807) is 0 Å². The van der Waals surface area contributed by atoms with Crippen LogP contribution < -0.4 is 7.02 Å². The van der Waals surface area contributed by atoms with Crippen LogP contribution in [0.3, 0.4) is 0 Å². The second-order valence-corrected chi connectivity index (χ2v) is 6.37. The minimum absolute atomic E-state index is 0. The molecule has 0 saturated heterocycles. The van der Waals surface area contributed by atoms with Gasteiger partial charge in [0.2, 0.25) is 0 Å². The Morgan fingerprint density at radius 3 is 1.29 bits per heavy atom. The van der Waals surface area contributed by atoms with Crippen molar-refractivity contribution in [2.45, 2.75) is 0 Å². The van der Waals surface area contributed by atoms with Crippen LogP contribution in [0.4, 0.5) is 0 Å². The van der Waals surface area contributed by atoms with E-state index in [0.717, 1.165) is 0 Å². The van der Waals surface area contributed by atoms with Crippen LogP contribution >= 0.6 is 17.0 Å². The molecule has 0 N–H and O–H groups in total. The van der Waals surface area contributed by atoms with Crippen LogP contribution in [0.1, 0.15) is 0 Å². The summed E-state index contributed by atoms with van der Waals surface area (Å²) in [5, 5.41) is 0. The molecule has 2 radical (unpaired) electrons. The van der Waals surface area contributed by atoms with Crippen molar-refractivity contribution in [1.29, 1.82) is 0 Å². The quantitative estimate of drug-likeness (QED) is 0.724. The first kappa shape index (κ1) is 11.8. The Hall–Kier alpha value is -0.262. The van der Waals surface area contributed by atoms with Gasteiger partial charge in [-0.05, 0) is 0 Å².